The van der Waals surface area contributed by atoms with Crippen LogP contribution in [0.2, 0.25) is 0 Å². The van der Waals surface area contributed by atoms with Crippen LogP contribution in [0.4, 0.5) is 5.69 Å². The Kier molecular flexibility index (Phi) is 6.53. The normalized spacial score (nSPS) is 19.6. The number of carbonyl (C=O) groups is 1. The minimum Gasteiger partial charge on any atom is -0.369 e. The summed E-state index contributed by atoms with van der Waals surface area (Å²) in [7, 11) is 0. The van der Waals surface area contributed by atoms with Gasteiger partial charge in [-0.2, -0.15) is 0 Å². The Labute approximate surface area is 146 Å². The van der Waals surface area contributed by atoms with Gasteiger partial charge in [-0.3, -0.25) is 9.69 Å². The van der Waals surface area contributed by atoms with Crippen molar-refractivity contribution in [1.29, 1.82) is 0 Å². The summed E-state index contributed by atoms with van der Waals surface area (Å²) >= 11 is 0. The summed E-state index contributed by atoms with van der Waals surface area (Å²) in [5.41, 5.74) is 1.34. The van der Waals surface area contributed by atoms with Crippen LogP contribution >= 0.6 is 0 Å². The van der Waals surface area contributed by atoms with Crippen LogP contribution in [-0.2, 0) is 4.79 Å². The molecular formula is C20H31N3O. The lowest BCUT2D eigenvalue weighted by Gasteiger charge is -2.36. The first-order valence-corrected chi connectivity index (χ1v) is 9.63. The van der Waals surface area contributed by atoms with Crippen molar-refractivity contribution in [2.45, 2.75) is 38.5 Å². The lowest BCUT2D eigenvalue weighted by molar-refractivity contribution is -0.124. The van der Waals surface area contributed by atoms with Gasteiger partial charge in [-0.15, -0.1) is 0 Å². The minimum absolute atomic E-state index is 0.295. The zero-order valence-corrected chi connectivity index (χ0v) is 14.8. The maximum Gasteiger partial charge on any atom is 0.223 e. The average Bonchev–Trinajstić information content (AvgIpc) is 3.17. The van der Waals surface area contributed by atoms with Crippen molar-refractivity contribution in [3.8, 4) is 0 Å². The number of nitrogens with one attached hydrogen (secondary N) is 1. The van der Waals surface area contributed by atoms with Crippen LogP contribution in [0, 0.1) is 5.92 Å². The van der Waals surface area contributed by atoms with Crippen molar-refractivity contribution in [1.82, 2.24) is 10.2 Å². The molecule has 0 bridgehead atoms. The van der Waals surface area contributed by atoms with Gasteiger partial charge in [-0.1, -0.05) is 31.0 Å². The number of para-hydroxylation sites is 1. The Balaban J connectivity index is 1.25. The Bertz CT molecular complexity index is 491. The maximum atomic E-state index is 12.0. The molecule has 0 spiro atoms. The average molecular weight is 329 g/mol. The van der Waals surface area contributed by atoms with Crippen LogP contribution in [0.1, 0.15) is 38.5 Å². The van der Waals surface area contributed by atoms with Crippen molar-refractivity contribution in [3.63, 3.8) is 0 Å². The summed E-state index contributed by atoms with van der Waals surface area (Å²) in [6.45, 7) is 6.51. The molecule has 1 aromatic carbocycles. The zero-order valence-electron chi connectivity index (χ0n) is 14.8. The summed E-state index contributed by atoms with van der Waals surface area (Å²) in [4.78, 5) is 17.0. The van der Waals surface area contributed by atoms with E-state index in [0.29, 0.717) is 11.8 Å². The van der Waals surface area contributed by atoms with Crippen molar-refractivity contribution in [2.24, 2.45) is 5.92 Å². The number of nitrogens with zero attached hydrogens (tertiary/aromatic N) is 2. The van der Waals surface area contributed by atoms with Gasteiger partial charge in [0.25, 0.3) is 0 Å². The number of benzene rings is 1. The van der Waals surface area contributed by atoms with Crippen LogP contribution < -0.4 is 10.2 Å². The lowest BCUT2D eigenvalue weighted by Crippen LogP contribution is -2.46. The summed E-state index contributed by atoms with van der Waals surface area (Å²) in [5.74, 6) is 0.597. The third-order valence-corrected chi connectivity index (χ3v) is 5.42. The fraction of sp³-hybridized carbons (Fsp3) is 0.650. The zero-order chi connectivity index (χ0) is 16.6. The van der Waals surface area contributed by atoms with Crippen LogP contribution in [0.25, 0.3) is 0 Å². The van der Waals surface area contributed by atoms with E-state index < -0.39 is 0 Å². The van der Waals surface area contributed by atoms with Gasteiger partial charge in [0.15, 0.2) is 0 Å². The van der Waals surface area contributed by atoms with Crippen LogP contribution in [0.3, 0.4) is 0 Å². The van der Waals surface area contributed by atoms with E-state index in [4.69, 9.17) is 0 Å². The van der Waals surface area contributed by atoms with Crippen molar-refractivity contribution < 1.29 is 4.79 Å². The molecule has 2 fully saturated rings. The molecule has 0 unspecified atom stereocenters. The molecular weight excluding hydrogens is 298 g/mol. The Hall–Kier alpha value is -1.55. The van der Waals surface area contributed by atoms with E-state index in [9.17, 15) is 4.79 Å². The third-order valence-electron chi connectivity index (χ3n) is 5.42. The summed E-state index contributed by atoms with van der Waals surface area (Å²) < 4.78 is 0. The van der Waals surface area contributed by atoms with Gasteiger partial charge in [-0.05, 0) is 44.4 Å². The van der Waals surface area contributed by atoms with Crippen molar-refractivity contribution in [2.75, 3.05) is 44.2 Å². The first kappa shape index (κ1) is 17.3. The standard InChI is InChI=1S/C20H31N3O/c24-20(18-8-4-5-9-18)21-12-6-7-13-22-14-16-23(17-15-22)19-10-2-1-3-11-19/h1-3,10-11,18H,4-9,12-17H2,(H,21,24). The van der Waals surface area contributed by atoms with E-state index in [1.807, 2.05) is 0 Å². The lowest BCUT2D eigenvalue weighted by atomic mass is 10.1. The Morgan fingerprint density at radius 1 is 1.00 bits per heavy atom. The molecule has 1 aliphatic heterocycles. The van der Waals surface area contributed by atoms with Gasteiger partial charge in [0.2, 0.25) is 5.91 Å². The van der Waals surface area contributed by atoms with Crippen LogP contribution in [0.15, 0.2) is 30.3 Å². The molecule has 1 amide bonds. The van der Waals surface area contributed by atoms with E-state index in [-0.39, 0.29) is 0 Å². The number of rotatable bonds is 7. The molecule has 0 radical (unpaired) electrons. The topological polar surface area (TPSA) is 35.6 Å². The number of anilines is 1. The fourth-order valence-electron chi connectivity index (χ4n) is 3.87. The molecule has 0 atom stereocenters. The predicted octanol–water partition coefficient (Wildman–Crippen LogP) is 2.90. The Morgan fingerprint density at radius 3 is 2.42 bits per heavy atom. The molecule has 1 aromatic rings. The highest BCUT2D eigenvalue weighted by molar-refractivity contribution is 5.78. The van der Waals surface area contributed by atoms with E-state index >= 15 is 0 Å². The molecule has 1 aliphatic carbocycles. The quantitative estimate of drug-likeness (QED) is 0.781. The number of carbonyl (C=O) groups excluding carboxylic acids is 1. The number of hydrogen-bond acceptors (Lipinski definition) is 3. The third kappa shape index (κ3) is 4.97. The van der Waals surface area contributed by atoms with Gasteiger partial charge >= 0.3 is 0 Å². The van der Waals surface area contributed by atoms with Gasteiger partial charge in [0, 0.05) is 44.3 Å². The van der Waals surface area contributed by atoms with Gasteiger partial charge < -0.3 is 10.2 Å². The minimum atomic E-state index is 0.295. The number of hydrogen-bond donors (Lipinski definition) is 1. The number of unbranched alkanes of at least 4 members (excludes halogenated alkanes) is 1. The molecule has 132 valence electrons. The van der Waals surface area contributed by atoms with Gasteiger partial charge in [-0.25, -0.2) is 0 Å². The Morgan fingerprint density at radius 2 is 1.71 bits per heavy atom. The van der Waals surface area contributed by atoms with E-state index in [1.165, 1.54) is 24.9 Å². The first-order valence-electron chi connectivity index (χ1n) is 9.63. The summed E-state index contributed by atoms with van der Waals surface area (Å²) in [6, 6.07) is 10.7. The molecule has 1 saturated heterocycles. The molecule has 3 rings (SSSR count). The molecule has 4 nitrogen and oxygen atoms in total. The molecule has 0 aromatic heterocycles. The SMILES string of the molecule is O=C(NCCCCN1CCN(c2ccccc2)CC1)C1CCCC1. The van der Waals surface area contributed by atoms with Crippen molar-refractivity contribution >= 4 is 11.6 Å². The van der Waals surface area contributed by atoms with Crippen molar-refractivity contribution in [3.05, 3.63) is 30.3 Å². The smallest absolute Gasteiger partial charge is 0.223 e. The highest BCUT2D eigenvalue weighted by atomic mass is 16.1. The number of amides is 1. The molecule has 1 heterocycles. The second-order valence-corrected chi connectivity index (χ2v) is 7.14. The molecule has 1 saturated carbocycles. The molecule has 1 N–H and O–H groups in total. The summed E-state index contributed by atoms with van der Waals surface area (Å²) in [6.07, 6.45) is 6.92. The van der Waals surface area contributed by atoms with E-state index in [1.54, 1.807) is 0 Å². The second kappa shape index (κ2) is 9.07. The predicted molar refractivity (Wildman–Crippen MR) is 99.3 cm³/mol. The monoisotopic (exact) mass is 329 g/mol. The fourth-order valence-corrected chi connectivity index (χ4v) is 3.87. The maximum absolute atomic E-state index is 12.0. The van der Waals surface area contributed by atoms with Crippen LogP contribution in [0.5, 0.6) is 0 Å². The largest absolute Gasteiger partial charge is 0.369 e. The number of piperazine rings is 1. The highest BCUT2D eigenvalue weighted by Gasteiger charge is 2.22. The summed E-state index contributed by atoms with van der Waals surface area (Å²) in [5, 5.41) is 3.13. The van der Waals surface area contributed by atoms with Gasteiger partial charge in [0.05, 0.1) is 0 Å². The van der Waals surface area contributed by atoms with Gasteiger partial charge in [0.1, 0.15) is 0 Å². The molecule has 2 aliphatic rings. The second-order valence-electron chi connectivity index (χ2n) is 7.14. The highest BCUT2D eigenvalue weighted by Crippen LogP contribution is 2.24. The molecule has 4 heteroatoms. The van der Waals surface area contributed by atoms with Crippen LogP contribution in [-0.4, -0.2) is 50.1 Å². The molecule has 24 heavy (non-hydrogen) atoms. The van der Waals surface area contributed by atoms with E-state index in [0.717, 1.165) is 58.5 Å². The first-order chi connectivity index (χ1) is 11.8. The van der Waals surface area contributed by atoms with E-state index in [2.05, 4.69) is 45.4 Å².